The highest BCUT2D eigenvalue weighted by molar-refractivity contribution is 5.33. The zero-order chi connectivity index (χ0) is 5.61. The lowest BCUT2D eigenvalue weighted by molar-refractivity contribution is 0.190. The van der Waals surface area contributed by atoms with Crippen molar-refractivity contribution in [1.82, 2.24) is 5.32 Å². The third-order valence-corrected chi connectivity index (χ3v) is 1.54. The zero-order valence-electron chi connectivity index (χ0n) is 4.33. The molecular weight excluding hydrogens is 102 g/mol. The molecule has 42 valence electrons. The summed E-state index contributed by atoms with van der Waals surface area (Å²) in [7, 11) is 0. The summed E-state index contributed by atoms with van der Waals surface area (Å²) in [5, 5.41) is 12.1. The van der Waals surface area contributed by atoms with Crippen molar-refractivity contribution in [2.75, 3.05) is 0 Å². The molecule has 1 fully saturated rings. The van der Waals surface area contributed by atoms with Gasteiger partial charge in [-0.25, -0.2) is 0 Å². The van der Waals surface area contributed by atoms with E-state index >= 15 is 0 Å². The number of rotatable bonds is 0. The van der Waals surface area contributed by atoms with Crippen LogP contribution in [0.2, 0.25) is 0 Å². The molecule has 1 saturated heterocycles. The van der Waals surface area contributed by atoms with Gasteiger partial charge in [0.25, 0.3) is 0 Å². The summed E-state index contributed by atoms with van der Waals surface area (Å²) in [5.41, 5.74) is -0.672. The highest BCUT2D eigenvalue weighted by atomic mass is 16.3. The summed E-state index contributed by atoms with van der Waals surface area (Å²) in [6, 6.07) is 0.187. The molecule has 0 spiro atoms. The molecule has 0 aromatic rings. The molecule has 2 heteroatoms. The molecule has 2 atom stereocenters. The molecule has 0 saturated carbocycles. The summed E-state index contributed by atoms with van der Waals surface area (Å²) >= 11 is 0. The smallest absolute Gasteiger partial charge is 0.155 e. The van der Waals surface area contributed by atoms with Gasteiger partial charge in [0.2, 0.25) is 0 Å². The zero-order valence-corrected chi connectivity index (χ0v) is 4.33. The van der Waals surface area contributed by atoms with E-state index in [1.807, 2.05) is 18.2 Å². The lowest BCUT2D eigenvalue weighted by Crippen LogP contribution is -2.11. The van der Waals surface area contributed by atoms with Gasteiger partial charge in [0, 0.05) is 0 Å². The minimum absolute atomic E-state index is 0.187. The summed E-state index contributed by atoms with van der Waals surface area (Å²) in [6.07, 6.45) is 7.48. The van der Waals surface area contributed by atoms with Crippen LogP contribution in [0.3, 0.4) is 0 Å². The Labute approximate surface area is 47.5 Å². The van der Waals surface area contributed by atoms with Gasteiger partial charge in [0.15, 0.2) is 5.72 Å². The molecule has 2 nitrogen and oxygen atoms in total. The Morgan fingerprint density at radius 3 is 2.88 bits per heavy atom. The molecule has 2 aliphatic rings. The monoisotopic (exact) mass is 109 g/mol. The number of fused-ring (bicyclic) bond motifs is 1. The number of nitrogens with one attached hydrogen (secondary N) is 1. The van der Waals surface area contributed by atoms with Gasteiger partial charge >= 0.3 is 0 Å². The molecule has 0 aromatic heterocycles. The van der Waals surface area contributed by atoms with Crippen molar-refractivity contribution in [2.45, 2.75) is 11.8 Å². The maximum atomic E-state index is 9.20. The van der Waals surface area contributed by atoms with Gasteiger partial charge in [0.1, 0.15) is 0 Å². The number of allylic oxidation sites excluding steroid dienone is 2. The van der Waals surface area contributed by atoms with Crippen LogP contribution in [0.1, 0.15) is 0 Å². The van der Waals surface area contributed by atoms with Crippen molar-refractivity contribution in [3.8, 4) is 0 Å². The minimum atomic E-state index is -0.672. The molecule has 8 heavy (non-hydrogen) atoms. The standard InChI is InChI=1S/C6H7NO/c8-6-4-2-1-3-5(6)7-6/h1-5,7-8H. The van der Waals surface area contributed by atoms with Crippen molar-refractivity contribution in [2.24, 2.45) is 0 Å². The highest BCUT2D eigenvalue weighted by Gasteiger charge is 2.49. The fraction of sp³-hybridized carbons (Fsp3) is 0.333. The molecular formula is C6H7NO. The third kappa shape index (κ3) is 0.389. The second-order valence-corrected chi connectivity index (χ2v) is 2.19. The third-order valence-electron chi connectivity index (χ3n) is 1.54. The van der Waals surface area contributed by atoms with Crippen molar-refractivity contribution in [3.05, 3.63) is 24.3 Å². The Bertz CT molecular complexity index is 173. The molecule has 0 amide bonds. The largest absolute Gasteiger partial charge is 0.370 e. The van der Waals surface area contributed by atoms with E-state index in [4.69, 9.17) is 0 Å². The van der Waals surface area contributed by atoms with Gasteiger partial charge in [-0.2, -0.15) is 0 Å². The maximum absolute atomic E-state index is 9.20. The van der Waals surface area contributed by atoms with Crippen LogP contribution >= 0.6 is 0 Å². The second-order valence-electron chi connectivity index (χ2n) is 2.19. The average molecular weight is 109 g/mol. The quantitative estimate of drug-likeness (QED) is 0.422. The first-order valence-corrected chi connectivity index (χ1v) is 2.67. The van der Waals surface area contributed by atoms with Gasteiger partial charge in [0.05, 0.1) is 6.04 Å². The van der Waals surface area contributed by atoms with Crippen molar-refractivity contribution >= 4 is 0 Å². The highest BCUT2D eigenvalue weighted by Crippen LogP contribution is 2.28. The molecule has 2 N–H and O–H groups in total. The first-order chi connectivity index (χ1) is 3.81. The van der Waals surface area contributed by atoms with Gasteiger partial charge < -0.3 is 5.11 Å². The van der Waals surface area contributed by atoms with Crippen LogP contribution in [0.15, 0.2) is 24.3 Å². The number of hydrogen-bond acceptors (Lipinski definition) is 2. The van der Waals surface area contributed by atoms with Crippen molar-refractivity contribution in [3.63, 3.8) is 0 Å². The molecule has 0 radical (unpaired) electrons. The van der Waals surface area contributed by atoms with Crippen LogP contribution in [-0.2, 0) is 0 Å². The van der Waals surface area contributed by atoms with E-state index in [2.05, 4.69) is 5.32 Å². The van der Waals surface area contributed by atoms with Crippen molar-refractivity contribution in [1.29, 1.82) is 0 Å². The first-order valence-electron chi connectivity index (χ1n) is 2.67. The lowest BCUT2D eigenvalue weighted by atomic mass is 10.1. The van der Waals surface area contributed by atoms with Crippen LogP contribution in [0.4, 0.5) is 0 Å². The Morgan fingerprint density at radius 2 is 2.38 bits per heavy atom. The molecule has 1 aliphatic heterocycles. The average Bonchev–Trinajstić information content (AvgIpc) is 2.39. The normalized spacial score (nSPS) is 48.9. The minimum Gasteiger partial charge on any atom is -0.370 e. The van der Waals surface area contributed by atoms with E-state index in [1.54, 1.807) is 6.08 Å². The fourth-order valence-corrected chi connectivity index (χ4v) is 0.932. The Hall–Kier alpha value is -0.600. The number of hydrogen-bond donors (Lipinski definition) is 2. The van der Waals surface area contributed by atoms with Crippen molar-refractivity contribution < 1.29 is 5.11 Å². The van der Waals surface area contributed by atoms with Gasteiger partial charge in [-0.1, -0.05) is 18.2 Å². The lowest BCUT2D eigenvalue weighted by Gasteiger charge is -1.98. The number of aliphatic hydroxyl groups is 1. The SMILES string of the molecule is OC12C=CC=CC1N2. The molecule has 0 bridgehead atoms. The van der Waals surface area contributed by atoms with E-state index in [0.29, 0.717) is 0 Å². The summed E-state index contributed by atoms with van der Waals surface area (Å²) in [5.74, 6) is 0. The van der Waals surface area contributed by atoms with Crippen LogP contribution < -0.4 is 5.32 Å². The predicted molar refractivity (Wildman–Crippen MR) is 30.2 cm³/mol. The molecule has 1 aliphatic carbocycles. The van der Waals surface area contributed by atoms with Crippen LogP contribution in [0.5, 0.6) is 0 Å². The second kappa shape index (κ2) is 1.04. The van der Waals surface area contributed by atoms with Crippen LogP contribution in [0, 0.1) is 0 Å². The Kier molecular flexibility index (Phi) is 0.558. The summed E-state index contributed by atoms with van der Waals surface area (Å²) in [6.45, 7) is 0. The first kappa shape index (κ1) is 4.30. The molecule has 1 heterocycles. The molecule has 2 unspecified atom stereocenters. The predicted octanol–water partition coefficient (Wildman–Crippen LogP) is -0.227. The van der Waals surface area contributed by atoms with E-state index < -0.39 is 5.72 Å². The van der Waals surface area contributed by atoms with Crippen LogP contribution in [-0.4, -0.2) is 16.9 Å². The van der Waals surface area contributed by atoms with E-state index in [-0.39, 0.29) is 6.04 Å². The topological polar surface area (TPSA) is 42.2 Å². The van der Waals surface area contributed by atoms with E-state index in [1.165, 1.54) is 0 Å². The maximum Gasteiger partial charge on any atom is 0.155 e. The molecule has 2 rings (SSSR count). The fourth-order valence-electron chi connectivity index (χ4n) is 0.932. The Balaban J connectivity index is 2.33. The Morgan fingerprint density at radius 1 is 1.50 bits per heavy atom. The van der Waals surface area contributed by atoms with E-state index in [9.17, 15) is 5.11 Å². The van der Waals surface area contributed by atoms with Gasteiger partial charge in [-0.05, 0) is 6.08 Å². The summed E-state index contributed by atoms with van der Waals surface area (Å²) in [4.78, 5) is 0. The van der Waals surface area contributed by atoms with Gasteiger partial charge in [-0.15, -0.1) is 0 Å². The summed E-state index contributed by atoms with van der Waals surface area (Å²) < 4.78 is 0. The van der Waals surface area contributed by atoms with Gasteiger partial charge in [-0.3, -0.25) is 5.32 Å². The van der Waals surface area contributed by atoms with Crippen LogP contribution in [0.25, 0.3) is 0 Å². The molecule has 0 aromatic carbocycles. The van der Waals surface area contributed by atoms with E-state index in [0.717, 1.165) is 0 Å².